The maximum Gasteiger partial charge on any atom is 0.300 e. The minimum absolute atomic E-state index is 0. The van der Waals surface area contributed by atoms with Gasteiger partial charge in [0.25, 0.3) is 11.1 Å². The number of rotatable bonds is 0. The highest BCUT2D eigenvalue weighted by atomic mass is 16.9. The average Bonchev–Trinajstić information content (AvgIpc) is 1.25. The van der Waals surface area contributed by atoms with Crippen LogP contribution in [0.4, 0.5) is 0 Å². The number of nitrogens with zero attached hydrogens (tertiary/aromatic N) is 1. The molecule has 0 rings (SSSR count). The van der Waals surface area contributed by atoms with E-state index in [1.807, 2.05) is 0 Å². The summed E-state index contributed by atoms with van der Waals surface area (Å²) in [5.41, 5.74) is 0. The number of carboxylic acid groups (broad SMARTS) is 1. The van der Waals surface area contributed by atoms with Gasteiger partial charge in [0.05, 0.1) is 0 Å². The van der Waals surface area contributed by atoms with Crippen LogP contribution in [0.15, 0.2) is 0 Å². The van der Waals surface area contributed by atoms with E-state index in [-0.39, 0.29) is 5.48 Å². The van der Waals surface area contributed by atoms with Gasteiger partial charge < -0.3 is 15.8 Å². The predicted octanol–water partition coefficient (Wildman–Crippen LogP) is -1.08. The number of carboxylic acids is 1. The molecule has 0 aromatic rings. The molecule has 56 valence electrons. The summed E-state index contributed by atoms with van der Waals surface area (Å²) < 4.78 is 0. The second kappa shape index (κ2) is 9.80. The summed E-state index contributed by atoms with van der Waals surface area (Å²) in [6, 6.07) is 0. The number of hydrogen-bond donors (Lipinski definition) is 2. The molecule has 7 heteroatoms. The lowest BCUT2D eigenvalue weighted by atomic mass is 10.9. The predicted molar refractivity (Wildman–Crippen MR) is 25.7 cm³/mol. The van der Waals surface area contributed by atoms with Crippen molar-refractivity contribution < 1.29 is 25.7 Å². The highest BCUT2D eigenvalue weighted by Crippen LogP contribution is 1.42. The smallest absolute Gasteiger partial charge is 0.300 e. The van der Waals surface area contributed by atoms with Crippen molar-refractivity contribution in [2.45, 2.75) is 6.92 Å². The largest absolute Gasteiger partial charge is 0.481 e. The number of aliphatic carboxylic acids is 1. The van der Waals surface area contributed by atoms with Crippen molar-refractivity contribution in [3.05, 3.63) is 10.1 Å². The first-order chi connectivity index (χ1) is 3.46. The maximum atomic E-state index is 9.00. The molecule has 0 heterocycles. The molecule has 0 bridgehead atoms. The van der Waals surface area contributed by atoms with Gasteiger partial charge in [-0.05, 0) is 0 Å². The summed E-state index contributed by atoms with van der Waals surface area (Å²) in [6.45, 7) is 1.08. The van der Waals surface area contributed by atoms with E-state index in [4.69, 9.17) is 25.2 Å². The summed E-state index contributed by atoms with van der Waals surface area (Å²) in [7, 11) is 0. The van der Waals surface area contributed by atoms with E-state index in [9.17, 15) is 0 Å². The monoisotopic (exact) mass is 141 g/mol. The second-order valence-electron chi connectivity index (χ2n) is 0.757. The van der Waals surface area contributed by atoms with E-state index < -0.39 is 11.1 Å². The zero-order valence-corrected chi connectivity index (χ0v) is 4.57. The summed E-state index contributed by atoms with van der Waals surface area (Å²) in [5.74, 6) is -0.833. The van der Waals surface area contributed by atoms with Gasteiger partial charge >= 0.3 is 0 Å². The van der Waals surface area contributed by atoms with Gasteiger partial charge in [0.1, 0.15) is 0 Å². The van der Waals surface area contributed by atoms with Crippen LogP contribution >= 0.6 is 0 Å². The van der Waals surface area contributed by atoms with E-state index in [1.165, 1.54) is 0 Å². The zero-order chi connectivity index (χ0) is 7.15. The fourth-order valence-electron chi connectivity index (χ4n) is 0. The molecule has 0 aliphatic carbocycles. The third kappa shape index (κ3) is 75.7. The van der Waals surface area contributed by atoms with Crippen molar-refractivity contribution >= 4 is 5.97 Å². The Hall–Kier alpha value is -1.37. The standard InChI is InChI=1S/C2H4O2.HNO3.H2O/c1-2(3)4;2-1(3)4;/h1H3,(H,3,4);(H,2,3,4);1H2. The Labute approximate surface area is 49.9 Å². The van der Waals surface area contributed by atoms with Gasteiger partial charge in [-0.2, -0.15) is 0 Å². The van der Waals surface area contributed by atoms with Crippen LogP contribution in [0, 0.1) is 10.1 Å². The van der Waals surface area contributed by atoms with Crippen molar-refractivity contribution in [2.24, 2.45) is 0 Å². The Morgan fingerprint density at radius 1 is 1.67 bits per heavy atom. The maximum absolute atomic E-state index is 9.00. The molecule has 4 N–H and O–H groups in total. The SMILES string of the molecule is CC(=O)O.O.O=[N+]([O-])O. The summed E-state index contributed by atoms with van der Waals surface area (Å²) in [4.78, 5) is 17.4. The van der Waals surface area contributed by atoms with Crippen LogP contribution in [-0.2, 0) is 4.79 Å². The van der Waals surface area contributed by atoms with E-state index in [0.717, 1.165) is 6.92 Å². The molecule has 0 aromatic carbocycles. The zero-order valence-electron chi connectivity index (χ0n) is 4.57. The summed E-state index contributed by atoms with van der Waals surface area (Å²) >= 11 is 0. The van der Waals surface area contributed by atoms with Crippen molar-refractivity contribution in [2.75, 3.05) is 0 Å². The van der Waals surface area contributed by atoms with Crippen LogP contribution in [0.1, 0.15) is 6.92 Å². The van der Waals surface area contributed by atoms with Crippen molar-refractivity contribution in [1.82, 2.24) is 0 Å². The third-order valence-electron chi connectivity index (χ3n) is 0. The van der Waals surface area contributed by atoms with Gasteiger partial charge in [0.15, 0.2) is 0 Å². The molecular weight excluding hydrogens is 134 g/mol. The van der Waals surface area contributed by atoms with E-state index in [1.54, 1.807) is 0 Å². The fourth-order valence-corrected chi connectivity index (χ4v) is 0. The lowest BCUT2D eigenvalue weighted by molar-refractivity contribution is -0.742. The van der Waals surface area contributed by atoms with Crippen LogP contribution in [0.5, 0.6) is 0 Å². The minimum atomic E-state index is -1.50. The Bertz CT molecular complexity index is 69.1. The van der Waals surface area contributed by atoms with E-state index in [2.05, 4.69) is 0 Å². The van der Waals surface area contributed by atoms with Gasteiger partial charge in [-0.15, -0.1) is 10.1 Å². The minimum Gasteiger partial charge on any atom is -0.481 e. The van der Waals surface area contributed by atoms with Crippen LogP contribution < -0.4 is 0 Å². The topological polar surface area (TPSA) is 132 Å². The lowest BCUT2D eigenvalue weighted by Gasteiger charge is -1.59. The highest BCUT2D eigenvalue weighted by molar-refractivity contribution is 5.62. The molecule has 0 fully saturated rings. The highest BCUT2D eigenvalue weighted by Gasteiger charge is 1.65. The molecule has 0 aromatic heterocycles. The molecule has 0 radical (unpaired) electrons. The van der Waals surface area contributed by atoms with Crippen LogP contribution in [0.3, 0.4) is 0 Å². The second-order valence-corrected chi connectivity index (χ2v) is 0.757. The molecule has 0 saturated heterocycles. The van der Waals surface area contributed by atoms with Gasteiger partial charge in [-0.3, -0.25) is 4.79 Å². The van der Waals surface area contributed by atoms with Crippen LogP contribution in [-0.4, -0.2) is 26.8 Å². The molecule has 0 atom stereocenters. The quantitative estimate of drug-likeness (QED) is 0.327. The number of hydrogen-bond acceptors (Lipinski definition) is 3. The van der Waals surface area contributed by atoms with Crippen LogP contribution in [0.2, 0.25) is 0 Å². The van der Waals surface area contributed by atoms with Crippen molar-refractivity contribution in [3.8, 4) is 0 Å². The van der Waals surface area contributed by atoms with E-state index in [0.29, 0.717) is 0 Å². The fraction of sp³-hybridized carbons (Fsp3) is 0.500. The Morgan fingerprint density at radius 3 is 1.67 bits per heavy atom. The normalized spacial score (nSPS) is 5.44. The molecular formula is C2H7NO6. The lowest BCUT2D eigenvalue weighted by Crippen LogP contribution is -1.81. The van der Waals surface area contributed by atoms with Crippen LogP contribution in [0.25, 0.3) is 0 Å². The first-order valence-electron chi connectivity index (χ1n) is 1.49. The van der Waals surface area contributed by atoms with Gasteiger partial charge in [0.2, 0.25) is 0 Å². The average molecular weight is 141 g/mol. The molecule has 0 amide bonds. The van der Waals surface area contributed by atoms with Gasteiger partial charge in [-0.25, -0.2) is 0 Å². The molecule has 0 saturated carbocycles. The first-order valence-corrected chi connectivity index (χ1v) is 1.49. The molecule has 0 unspecified atom stereocenters. The molecule has 0 aliphatic heterocycles. The Morgan fingerprint density at radius 2 is 1.67 bits per heavy atom. The summed E-state index contributed by atoms with van der Waals surface area (Å²) in [6.07, 6.45) is 0. The first kappa shape index (κ1) is 15.6. The Kier molecular flexibility index (Phi) is 17.0. The molecule has 0 spiro atoms. The molecule has 0 aliphatic rings. The summed E-state index contributed by atoms with van der Waals surface area (Å²) in [5, 5.41) is 21.1. The van der Waals surface area contributed by atoms with Gasteiger partial charge in [0, 0.05) is 6.92 Å². The number of carbonyl (C=O) groups is 1. The Balaban J connectivity index is -0.0000000720. The molecule has 9 heavy (non-hydrogen) atoms. The van der Waals surface area contributed by atoms with Crippen molar-refractivity contribution in [1.29, 1.82) is 0 Å². The third-order valence-corrected chi connectivity index (χ3v) is 0. The molecule has 7 nitrogen and oxygen atoms in total. The van der Waals surface area contributed by atoms with Crippen molar-refractivity contribution in [3.63, 3.8) is 0 Å². The van der Waals surface area contributed by atoms with Gasteiger partial charge in [-0.1, -0.05) is 0 Å². The van der Waals surface area contributed by atoms with E-state index >= 15 is 0 Å².